The fraction of sp³-hybridized carbons (Fsp3) is 0.250. The van der Waals surface area contributed by atoms with Crippen molar-refractivity contribution in [2.75, 3.05) is 28.6 Å². The molecule has 0 spiro atoms. The molecule has 3 N–H and O–H groups in total. The Kier molecular flexibility index (Phi) is 9.16. The van der Waals surface area contributed by atoms with Gasteiger partial charge in [0.15, 0.2) is 5.69 Å². The van der Waals surface area contributed by atoms with Crippen molar-refractivity contribution in [3.63, 3.8) is 0 Å². The van der Waals surface area contributed by atoms with Gasteiger partial charge in [0.2, 0.25) is 0 Å². The highest BCUT2D eigenvalue weighted by atomic mass is 19.4. The van der Waals surface area contributed by atoms with Gasteiger partial charge in [0, 0.05) is 24.3 Å². The number of anilines is 3. The molecule has 9 nitrogen and oxygen atoms in total. The summed E-state index contributed by atoms with van der Waals surface area (Å²) in [6.07, 6.45) is -2.24. The number of alkyl halides is 3. The van der Waals surface area contributed by atoms with Gasteiger partial charge in [-0.05, 0) is 72.9 Å². The molecule has 1 aliphatic heterocycles. The third kappa shape index (κ3) is 7.85. The SMILES string of the molecule is O=C(O)Cc1cc(F)ccc1NC(=O)c1ccc(N2CCCCC2)c(NC(=O)c2cc(-c3ccccc3)n(CC(F)(F)F)n2)c1. The van der Waals surface area contributed by atoms with E-state index in [-0.39, 0.29) is 33.9 Å². The summed E-state index contributed by atoms with van der Waals surface area (Å²) in [4.78, 5) is 40.1. The number of carboxylic acids is 1. The van der Waals surface area contributed by atoms with Crippen LogP contribution in [0.5, 0.6) is 0 Å². The zero-order valence-electron chi connectivity index (χ0n) is 23.9. The number of halogens is 4. The van der Waals surface area contributed by atoms with Crippen LogP contribution in [0.15, 0.2) is 72.8 Å². The minimum absolute atomic E-state index is 0.0676. The van der Waals surface area contributed by atoms with E-state index in [1.54, 1.807) is 42.5 Å². The number of carbonyl (C=O) groups is 3. The lowest BCUT2D eigenvalue weighted by molar-refractivity contribution is -0.142. The molecule has 13 heteroatoms. The van der Waals surface area contributed by atoms with E-state index in [1.165, 1.54) is 18.2 Å². The van der Waals surface area contributed by atoms with Crippen molar-refractivity contribution in [2.45, 2.75) is 38.4 Å². The van der Waals surface area contributed by atoms with Gasteiger partial charge >= 0.3 is 12.1 Å². The number of carboxylic acid groups (broad SMARTS) is 1. The molecule has 234 valence electrons. The summed E-state index contributed by atoms with van der Waals surface area (Å²) in [5.41, 5.74) is 1.45. The van der Waals surface area contributed by atoms with E-state index in [0.29, 0.717) is 24.3 Å². The van der Waals surface area contributed by atoms with Gasteiger partial charge in [-0.1, -0.05) is 30.3 Å². The number of piperidine rings is 1. The number of aliphatic carboxylic acids is 1. The average Bonchev–Trinajstić information content (AvgIpc) is 3.41. The molecule has 0 atom stereocenters. The average molecular weight is 624 g/mol. The molecule has 0 saturated carbocycles. The fourth-order valence-corrected chi connectivity index (χ4v) is 5.22. The molecule has 1 aromatic heterocycles. The first-order valence-electron chi connectivity index (χ1n) is 14.2. The molecular formula is C32H29F4N5O4. The summed E-state index contributed by atoms with van der Waals surface area (Å²) in [5.74, 6) is -3.28. The van der Waals surface area contributed by atoms with Crippen molar-refractivity contribution in [2.24, 2.45) is 0 Å². The Morgan fingerprint density at radius 1 is 0.844 bits per heavy atom. The summed E-state index contributed by atoms with van der Waals surface area (Å²) in [6.45, 7) is -0.00570. The minimum Gasteiger partial charge on any atom is -0.481 e. The fourth-order valence-electron chi connectivity index (χ4n) is 5.22. The van der Waals surface area contributed by atoms with Crippen molar-refractivity contribution in [1.82, 2.24) is 9.78 Å². The van der Waals surface area contributed by atoms with Gasteiger partial charge < -0.3 is 20.6 Å². The maximum Gasteiger partial charge on any atom is 0.408 e. The maximum absolute atomic E-state index is 13.8. The van der Waals surface area contributed by atoms with E-state index in [4.69, 9.17) is 0 Å². The number of carbonyl (C=O) groups excluding carboxylic acids is 2. The molecule has 1 fully saturated rings. The van der Waals surface area contributed by atoms with E-state index in [9.17, 15) is 37.1 Å². The van der Waals surface area contributed by atoms with Gasteiger partial charge in [0.1, 0.15) is 12.4 Å². The number of benzene rings is 3. The lowest BCUT2D eigenvalue weighted by Crippen LogP contribution is -2.30. The molecule has 45 heavy (non-hydrogen) atoms. The number of nitrogens with zero attached hydrogens (tertiary/aromatic N) is 3. The Bertz CT molecular complexity index is 1720. The van der Waals surface area contributed by atoms with Gasteiger partial charge in [0.25, 0.3) is 11.8 Å². The van der Waals surface area contributed by atoms with Crippen LogP contribution in [0.1, 0.15) is 45.7 Å². The Morgan fingerprint density at radius 2 is 1.56 bits per heavy atom. The zero-order valence-corrected chi connectivity index (χ0v) is 23.9. The Labute approximate surface area is 255 Å². The van der Waals surface area contributed by atoms with E-state index in [2.05, 4.69) is 15.7 Å². The zero-order chi connectivity index (χ0) is 32.1. The number of aromatic nitrogens is 2. The normalized spacial score (nSPS) is 13.4. The van der Waals surface area contributed by atoms with Crippen LogP contribution in [0, 0.1) is 5.82 Å². The quantitative estimate of drug-likeness (QED) is 0.187. The van der Waals surface area contributed by atoms with Gasteiger partial charge in [-0.2, -0.15) is 18.3 Å². The summed E-state index contributed by atoms with van der Waals surface area (Å²) in [6, 6.07) is 17.6. The lowest BCUT2D eigenvalue weighted by atomic mass is 10.1. The second kappa shape index (κ2) is 13.2. The molecule has 1 saturated heterocycles. The summed E-state index contributed by atoms with van der Waals surface area (Å²) in [5, 5.41) is 18.5. The molecule has 4 aromatic rings. The molecular weight excluding hydrogens is 594 g/mol. The summed E-state index contributed by atoms with van der Waals surface area (Å²) < 4.78 is 54.7. The molecule has 1 aliphatic rings. The highest BCUT2D eigenvalue weighted by molar-refractivity contribution is 6.09. The summed E-state index contributed by atoms with van der Waals surface area (Å²) in [7, 11) is 0. The Morgan fingerprint density at radius 3 is 2.24 bits per heavy atom. The Hall–Kier alpha value is -5.20. The van der Waals surface area contributed by atoms with E-state index in [0.717, 1.165) is 36.1 Å². The largest absolute Gasteiger partial charge is 0.481 e. The van der Waals surface area contributed by atoms with Gasteiger partial charge in [-0.25, -0.2) is 4.39 Å². The molecule has 2 heterocycles. The highest BCUT2D eigenvalue weighted by Crippen LogP contribution is 2.32. The number of hydrogen-bond donors (Lipinski definition) is 3. The number of hydrogen-bond acceptors (Lipinski definition) is 5. The van der Waals surface area contributed by atoms with Gasteiger partial charge in [-0.15, -0.1) is 0 Å². The topological polar surface area (TPSA) is 117 Å². The molecule has 3 aromatic carbocycles. The first kappa shape index (κ1) is 31.2. The van der Waals surface area contributed by atoms with E-state index >= 15 is 0 Å². The predicted molar refractivity (Wildman–Crippen MR) is 160 cm³/mol. The minimum atomic E-state index is -4.58. The maximum atomic E-state index is 13.8. The van der Waals surface area contributed by atoms with Crippen molar-refractivity contribution in [1.29, 1.82) is 0 Å². The second-order valence-electron chi connectivity index (χ2n) is 10.6. The van der Waals surface area contributed by atoms with Crippen LogP contribution in [0.2, 0.25) is 0 Å². The third-order valence-electron chi connectivity index (χ3n) is 7.27. The first-order valence-corrected chi connectivity index (χ1v) is 14.2. The summed E-state index contributed by atoms with van der Waals surface area (Å²) >= 11 is 0. The van der Waals surface area contributed by atoms with Crippen molar-refractivity contribution >= 4 is 34.8 Å². The van der Waals surface area contributed by atoms with Crippen LogP contribution < -0.4 is 15.5 Å². The van der Waals surface area contributed by atoms with Crippen LogP contribution in [-0.4, -0.2) is 51.9 Å². The first-order chi connectivity index (χ1) is 21.5. The Balaban J connectivity index is 1.47. The highest BCUT2D eigenvalue weighted by Gasteiger charge is 2.31. The van der Waals surface area contributed by atoms with Gasteiger partial charge in [0.05, 0.1) is 23.5 Å². The standard InChI is InChI=1S/C32H29F4N5O4/c33-23-10-11-24(22(15-23)17-29(42)43)37-30(44)21-9-12-27(40-13-5-2-6-14-40)25(16-21)38-31(45)26-18-28(20-7-3-1-4-8-20)41(39-26)19-32(34,35)36/h1,3-4,7-12,15-16,18H,2,5-6,13-14,17,19H2,(H,37,44)(H,38,45)(H,42,43). The van der Waals surface area contributed by atoms with Gasteiger partial charge in [-0.3, -0.25) is 19.1 Å². The second-order valence-corrected chi connectivity index (χ2v) is 10.6. The molecule has 0 unspecified atom stereocenters. The molecule has 5 rings (SSSR count). The van der Waals surface area contributed by atoms with Crippen molar-refractivity contribution in [3.05, 3.63) is 95.4 Å². The predicted octanol–water partition coefficient (Wildman–Crippen LogP) is 6.37. The smallest absolute Gasteiger partial charge is 0.408 e. The molecule has 0 aliphatic carbocycles. The number of rotatable bonds is 9. The molecule has 0 radical (unpaired) electrons. The molecule has 2 amide bonds. The number of nitrogens with one attached hydrogen (secondary N) is 2. The van der Waals surface area contributed by atoms with Crippen LogP contribution in [0.25, 0.3) is 11.3 Å². The van der Waals surface area contributed by atoms with Crippen LogP contribution in [0.3, 0.4) is 0 Å². The lowest BCUT2D eigenvalue weighted by Gasteiger charge is -2.30. The van der Waals surface area contributed by atoms with Crippen LogP contribution in [0.4, 0.5) is 34.6 Å². The van der Waals surface area contributed by atoms with E-state index < -0.39 is 42.7 Å². The third-order valence-corrected chi connectivity index (χ3v) is 7.27. The monoisotopic (exact) mass is 623 g/mol. The van der Waals surface area contributed by atoms with Crippen LogP contribution in [-0.2, 0) is 17.8 Å². The van der Waals surface area contributed by atoms with E-state index in [1.807, 2.05) is 4.90 Å². The van der Waals surface area contributed by atoms with Crippen molar-refractivity contribution in [3.8, 4) is 11.3 Å². The van der Waals surface area contributed by atoms with Crippen molar-refractivity contribution < 1.29 is 37.1 Å². The van der Waals surface area contributed by atoms with Crippen LogP contribution >= 0.6 is 0 Å². The number of amides is 2. The molecule has 0 bridgehead atoms.